The lowest BCUT2D eigenvalue weighted by atomic mass is 10.1. The van der Waals surface area contributed by atoms with E-state index in [0.29, 0.717) is 22.6 Å². The van der Waals surface area contributed by atoms with Crippen molar-refractivity contribution >= 4 is 23.4 Å². The average molecular weight is 412 g/mol. The van der Waals surface area contributed by atoms with Gasteiger partial charge in [-0.15, -0.1) is 20.4 Å². The fourth-order valence-corrected chi connectivity index (χ4v) is 3.78. The predicted octanol–water partition coefficient (Wildman–Crippen LogP) is 4.88. The zero-order valence-corrected chi connectivity index (χ0v) is 16.8. The van der Waals surface area contributed by atoms with Gasteiger partial charge in [0, 0.05) is 23.6 Å². The van der Waals surface area contributed by atoms with E-state index in [1.54, 1.807) is 12.1 Å². The van der Waals surface area contributed by atoms with Gasteiger partial charge in [-0.05, 0) is 36.8 Å². The van der Waals surface area contributed by atoms with Crippen molar-refractivity contribution in [3.8, 4) is 11.5 Å². The Kier molecular flexibility index (Phi) is 5.73. The molecule has 0 bridgehead atoms. The Bertz CT molecular complexity index is 1050. The highest BCUT2D eigenvalue weighted by Gasteiger charge is 2.14. The fraction of sp³-hybridized carbons (Fsp3) is 0.200. The third kappa shape index (κ3) is 4.26. The molecule has 4 aromatic rings. The summed E-state index contributed by atoms with van der Waals surface area (Å²) in [4.78, 5) is 0. The number of hydrogen-bond acceptors (Lipinski definition) is 6. The topological polar surface area (TPSA) is 69.6 Å². The van der Waals surface area contributed by atoms with E-state index in [0.717, 1.165) is 29.5 Å². The first-order valence-electron chi connectivity index (χ1n) is 8.90. The van der Waals surface area contributed by atoms with Crippen molar-refractivity contribution in [1.82, 2.24) is 25.0 Å². The summed E-state index contributed by atoms with van der Waals surface area (Å²) in [7, 11) is 0. The van der Waals surface area contributed by atoms with Gasteiger partial charge in [-0.25, -0.2) is 0 Å². The van der Waals surface area contributed by atoms with E-state index in [2.05, 4.69) is 44.0 Å². The van der Waals surface area contributed by atoms with E-state index >= 15 is 0 Å². The molecule has 0 amide bonds. The molecule has 0 aliphatic rings. The molecule has 4 rings (SSSR count). The van der Waals surface area contributed by atoms with Gasteiger partial charge in [0.05, 0.1) is 5.75 Å². The van der Waals surface area contributed by atoms with Crippen LogP contribution in [0.5, 0.6) is 0 Å². The zero-order chi connectivity index (χ0) is 19.3. The first-order chi connectivity index (χ1) is 13.7. The fourth-order valence-electron chi connectivity index (χ4n) is 2.80. The van der Waals surface area contributed by atoms with Crippen molar-refractivity contribution in [3.63, 3.8) is 0 Å². The standard InChI is InChI=1S/C20H18ClN5OS/c1-2-26-17(12-14-6-4-3-5-7-14)22-25-20(26)28-13-18-23-24-19(27-18)15-8-10-16(21)11-9-15/h3-11H,2,12-13H2,1H3. The Morgan fingerprint density at radius 2 is 1.75 bits per heavy atom. The van der Waals surface area contributed by atoms with E-state index in [-0.39, 0.29) is 0 Å². The summed E-state index contributed by atoms with van der Waals surface area (Å²) in [6, 6.07) is 17.6. The van der Waals surface area contributed by atoms with Crippen LogP contribution in [0.25, 0.3) is 11.5 Å². The molecular weight excluding hydrogens is 394 g/mol. The minimum Gasteiger partial charge on any atom is -0.420 e. The molecule has 0 spiro atoms. The second kappa shape index (κ2) is 8.58. The first-order valence-corrected chi connectivity index (χ1v) is 10.3. The van der Waals surface area contributed by atoms with Crippen molar-refractivity contribution in [2.24, 2.45) is 0 Å². The van der Waals surface area contributed by atoms with E-state index in [9.17, 15) is 0 Å². The van der Waals surface area contributed by atoms with Gasteiger partial charge in [-0.3, -0.25) is 0 Å². The Morgan fingerprint density at radius 1 is 0.964 bits per heavy atom. The molecule has 0 saturated carbocycles. The molecule has 0 unspecified atom stereocenters. The summed E-state index contributed by atoms with van der Waals surface area (Å²) in [6.45, 7) is 2.89. The molecule has 0 aliphatic carbocycles. The molecule has 2 aromatic heterocycles. The van der Waals surface area contributed by atoms with Crippen LogP contribution < -0.4 is 0 Å². The summed E-state index contributed by atoms with van der Waals surface area (Å²) >= 11 is 7.46. The van der Waals surface area contributed by atoms with Crippen LogP contribution in [-0.2, 0) is 18.7 Å². The average Bonchev–Trinajstić information content (AvgIpc) is 3.34. The van der Waals surface area contributed by atoms with Crippen LogP contribution >= 0.6 is 23.4 Å². The molecule has 28 heavy (non-hydrogen) atoms. The molecule has 0 N–H and O–H groups in total. The van der Waals surface area contributed by atoms with E-state index in [1.807, 2.05) is 30.3 Å². The molecule has 0 atom stereocenters. The molecule has 6 nitrogen and oxygen atoms in total. The molecule has 8 heteroatoms. The monoisotopic (exact) mass is 411 g/mol. The van der Waals surface area contributed by atoms with Gasteiger partial charge in [-0.1, -0.05) is 53.7 Å². The van der Waals surface area contributed by atoms with E-state index in [4.69, 9.17) is 16.0 Å². The summed E-state index contributed by atoms with van der Waals surface area (Å²) < 4.78 is 7.88. The highest BCUT2D eigenvalue weighted by atomic mass is 35.5. The normalized spacial score (nSPS) is 11.1. The molecule has 0 saturated heterocycles. The van der Waals surface area contributed by atoms with Crippen LogP contribution in [0.1, 0.15) is 24.2 Å². The highest BCUT2D eigenvalue weighted by molar-refractivity contribution is 7.98. The number of thioether (sulfide) groups is 1. The maximum absolute atomic E-state index is 5.92. The minimum absolute atomic E-state index is 0.481. The van der Waals surface area contributed by atoms with Gasteiger partial charge in [-0.2, -0.15) is 0 Å². The Morgan fingerprint density at radius 3 is 2.50 bits per heavy atom. The second-order valence-corrected chi connectivity index (χ2v) is 7.48. The number of halogens is 1. The Hall–Kier alpha value is -2.64. The van der Waals surface area contributed by atoms with Crippen molar-refractivity contribution in [3.05, 3.63) is 76.9 Å². The minimum atomic E-state index is 0.481. The van der Waals surface area contributed by atoms with Crippen LogP contribution in [-0.4, -0.2) is 25.0 Å². The first kappa shape index (κ1) is 18.7. The molecule has 2 heterocycles. The number of hydrogen-bond donors (Lipinski definition) is 0. The lowest BCUT2D eigenvalue weighted by Crippen LogP contribution is -2.04. The maximum Gasteiger partial charge on any atom is 0.247 e. The van der Waals surface area contributed by atoms with Crippen molar-refractivity contribution in [2.45, 2.75) is 30.8 Å². The van der Waals surface area contributed by atoms with Gasteiger partial charge in [0.2, 0.25) is 11.8 Å². The quantitative estimate of drug-likeness (QED) is 0.403. The second-order valence-electron chi connectivity index (χ2n) is 6.10. The van der Waals surface area contributed by atoms with Crippen molar-refractivity contribution in [1.29, 1.82) is 0 Å². The van der Waals surface area contributed by atoms with Crippen molar-refractivity contribution < 1.29 is 4.42 Å². The summed E-state index contributed by atoms with van der Waals surface area (Å²) in [5.74, 6) is 2.51. The largest absolute Gasteiger partial charge is 0.420 e. The lowest BCUT2D eigenvalue weighted by Gasteiger charge is -2.06. The summed E-state index contributed by atoms with van der Waals surface area (Å²) in [5, 5.41) is 18.5. The highest BCUT2D eigenvalue weighted by Crippen LogP contribution is 2.25. The summed E-state index contributed by atoms with van der Waals surface area (Å²) in [6.07, 6.45) is 0.753. The predicted molar refractivity (Wildman–Crippen MR) is 109 cm³/mol. The third-order valence-electron chi connectivity index (χ3n) is 4.20. The molecular formula is C20H18ClN5OS. The van der Waals surface area contributed by atoms with Crippen LogP contribution in [0.15, 0.2) is 64.2 Å². The van der Waals surface area contributed by atoms with Crippen LogP contribution in [0.2, 0.25) is 5.02 Å². The Balaban J connectivity index is 1.44. The summed E-state index contributed by atoms with van der Waals surface area (Å²) in [5.41, 5.74) is 2.06. The van der Waals surface area contributed by atoms with Gasteiger partial charge >= 0.3 is 0 Å². The SMILES string of the molecule is CCn1c(Cc2ccccc2)nnc1SCc1nnc(-c2ccc(Cl)cc2)o1. The lowest BCUT2D eigenvalue weighted by molar-refractivity contribution is 0.528. The van der Waals surface area contributed by atoms with Gasteiger partial charge < -0.3 is 8.98 Å². The molecule has 0 aliphatic heterocycles. The Labute approximate surface area is 172 Å². The molecule has 0 radical (unpaired) electrons. The number of nitrogens with zero attached hydrogens (tertiary/aromatic N) is 5. The third-order valence-corrected chi connectivity index (χ3v) is 5.40. The van der Waals surface area contributed by atoms with Gasteiger partial charge in [0.15, 0.2) is 5.16 Å². The number of rotatable bonds is 7. The zero-order valence-electron chi connectivity index (χ0n) is 15.2. The molecule has 0 fully saturated rings. The van der Waals surface area contributed by atoms with E-state index < -0.39 is 0 Å². The number of aromatic nitrogens is 5. The van der Waals surface area contributed by atoms with Gasteiger partial charge in [0.1, 0.15) is 5.82 Å². The maximum atomic E-state index is 5.92. The van der Waals surface area contributed by atoms with Crippen LogP contribution in [0, 0.1) is 0 Å². The molecule has 142 valence electrons. The van der Waals surface area contributed by atoms with Crippen LogP contribution in [0.4, 0.5) is 0 Å². The van der Waals surface area contributed by atoms with E-state index in [1.165, 1.54) is 17.3 Å². The smallest absolute Gasteiger partial charge is 0.247 e. The molecule has 2 aromatic carbocycles. The van der Waals surface area contributed by atoms with Crippen molar-refractivity contribution in [2.75, 3.05) is 0 Å². The van der Waals surface area contributed by atoms with Gasteiger partial charge in [0.25, 0.3) is 0 Å². The van der Waals surface area contributed by atoms with Crippen LogP contribution in [0.3, 0.4) is 0 Å². The number of benzene rings is 2.